The van der Waals surface area contributed by atoms with Crippen LogP contribution < -0.4 is 20.3 Å². The number of ether oxygens (including phenoxy) is 2. The molecule has 0 bridgehead atoms. The molecule has 2 aromatic rings. The summed E-state index contributed by atoms with van der Waals surface area (Å²) in [5.41, 5.74) is 7.02. The van der Waals surface area contributed by atoms with E-state index >= 15 is 0 Å². The smallest absolute Gasteiger partial charge is 0.228 e. The summed E-state index contributed by atoms with van der Waals surface area (Å²) in [6, 6.07) is 13.3. The fourth-order valence-corrected chi connectivity index (χ4v) is 3.08. The van der Waals surface area contributed by atoms with E-state index in [1.54, 1.807) is 31.2 Å². The Balaban J connectivity index is 1.53. The molecule has 2 unspecified atom stereocenters. The maximum Gasteiger partial charge on any atom is 0.228 e. The van der Waals surface area contributed by atoms with Gasteiger partial charge in [-0.15, -0.1) is 0 Å². The Kier molecular flexibility index (Phi) is 6.26. The molecule has 1 aliphatic heterocycles. The Morgan fingerprint density at radius 1 is 1.15 bits per heavy atom. The monoisotopic (exact) mass is 373 g/mol. The lowest BCUT2D eigenvalue weighted by molar-refractivity contribution is -0.134. The fourth-order valence-electron chi connectivity index (χ4n) is 3.08. The number of methoxy groups -OCH3 is 1. The molecule has 2 atom stereocenters. The standard InChI is InChI=1S/C20H24FN3O3/c1-24(11-12-27-17-9-7-16(26-2)8-10-17)20(25)18-13-22-23-19(18)14-3-5-15(21)6-4-14/h3-10,18-19,22-23H,11-13H2,1-2H3. The van der Waals surface area contributed by atoms with Gasteiger partial charge >= 0.3 is 0 Å². The molecule has 0 aliphatic carbocycles. The molecule has 3 rings (SSSR count). The van der Waals surface area contributed by atoms with Crippen molar-refractivity contribution >= 4 is 5.91 Å². The molecule has 0 radical (unpaired) electrons. The molecule has 2 aromatic carbocycles. The summed E-state index contributed by atoms with van der Waals surface area (Å²) in [5.74, 6) is 0.953. The summed E-state index contributed by atoms with van der Waals surface area (Å²) in [7, 11) is 3.38. The van der Waals surface area contributed by atoms with Crippen molar-refractivity contribution in [3.8, 4) is 11.5 Å². The van der Waals surface area contributed by atoms with Crippen molar-refractivity contribution < 1.29 is 18.7 Å². The highest BCUT2D eigenvalue weighted by molar-refractivity contribution is 5.80. The lowest BCUT2D eigenvalue weighted by atomic mass is 9.94. The highest BCUT2D eigenvalue weighted by Gasteiger charge is 2.35. The van der Waals surface area contributed by atoms with Gasteiger partial charge < -0.3 is 14.4 Å². The summed E-state index contributed by atoms with van der Waals surface area (Å²) < 4.78 is 24.0. The summed E-state index contributed by atoms with van der Waals surface area (Å²) in [5, 5.41) is 0. The molecular formula is C20H24FN3O3. The van der Waals surface area contributed by atoms with Gasteiger partial charge in [0.15, 0.2) is 0 Å². The van der Waals surface area contributed by atoms with E-state index in [4.69, 9.17) is 9.47 Å². The average molecular weight is 373 g/mol. The van der Waals surface area contributed by atoms with Crippen LogP contribution in [0.25, 0.3) is 0 Å². The van der Waals surface area contributed by atoms with E-state index in [2.05, 4.69) is 10.9 Å². The van der Waals surface area contributed by atoms with E-state index in [1.807, 2.05) is 24.3 Å². The molecule has 0 spiro atoms. The number of nitrogens with zero attached hydrogens (tertiary/aromatic N) is 1. The quantitative estimate of drug-likeness (QED) is 0.779. The minimum absolute atomic E-state index is 0.0140. The van der Waals surface area contributed by atoms with Gasteiger partial charge in [0, 0.05) is 13.6 Å². The van der Waals surface area contributed by atoms with Crippen LogP contribution in [-0.4, -0.2) is 44.7 Å². The van der Waals surface area contributed by atoms with E-state index in [0.29, 0.717) is 19.7 Å². The number of hydrogen-bond donors (Lipinski definition) is 2. The molecule has 0 saturated carbocycles. The highest BCUT2D eigenvalue weighted by atomic mass is 19.1. The number of carbonyl (C=O) groups excluding carboxylic acids is 1. The van der Waals surface area contributed by atoms with Crippen LogP contribution in [0.1, 0.15) is 11.6 Å². The highest BCUT2D eigenvalue weighted by Crippen LogP contribution is 2.26. The number of hydrogen-bond acceptors (Lipinski definition) is 5. The third-order valence-electron chi connectivity index (χ3n) is 4.66. The van der Waals surface area contributed by atoms with Crippen molar-refractivity contribution in [3.63, 3.8) is 0 Å². The van der Waals surface area contributed by atoms with E-state index in [-0.39, 0.29) is 23.7 Å². The predicted molar refractivity (Wildman–Crippen MR) is 99.9 cm³/mol. The van der Waals surface area contributed by atoms with Crippen molar-refractivity contribution in [2.75, 3.05) is 33.9 Å². The molecule has 1 saturated heterocycles. The van der Waals surface area contributed by atoms with Gasteiger partial charge in [0.1, 0.15) is 23.9 Å². The topological polar surface area (TPSA) is 62.8 Å². The first-order chi connectivity index (χ1) is 13.1. The normalized spacial score (nSPS) is 18.9. The molecule has 144 valence electrons. The number of nitrogens with one attached hydrogen (secondary N) is 2. The third-order valence-corrected chi connectivity index (χ3v) is 4.66. The Morgan fingerprint density at radius 3 is 2.48 bits per heavy atom. The molecule has 1 fully saturated rings. The van der Waals surface area contributed by atoms with Gasteiger partial charge in [0.05, 0.1) is 25.6 Å². The number of carbonyl (C=O) groups is 1. The number of hydrazine groups is 1. The van der Waals surface area contributed by atoms with E-state index in [1.165, 1.54) is 12.1 Å². The minimum atomic E-state index is -0.291. The fraction of sp³-hybridized carbons (Fsp3) is 0.350. The van der Waals surface area contributed by atoms with Gasteiger partial charge in [-0.2, -0.15) is 0 Å². The molecular weight excluding hydrogens is 349 g/mol. The molecule has 1 heterocycles. The van der Waals surface area contributed by atoms with Crippen molar-refractivity contribution in [2.24, 2.45) is 5.92 Å². The summed E-state index contributed by atoms with van der Waals surface area (Å²) in [6.07, 6.45) is 0. The van der Waals surface area contributed by atoms with Crippen LogP contribution in [0.3, 0.4) is 0 Å². The van der Waals surface area contributed by atoms with E-state index in [9.17, 15) is 9.18 Å². The van der Waals surface area contributed by atoms with Gasteiger partial charge in [-0.3, -0.25) is 10.2 Å². The number of halogens is 1. The largest absolute Gasteiger partial charge is 0.497 e. The molecule has 1 aliphatic rings. The Hall–Kier alpha value is -2.64. The van der Waals surface area contributed by atoms with E-state index in [0.717, 1.165) is 17.1 Å². The number of benzene rings is 2. The lowest BCUT2D eigenvalue weighted by Gasteiger charge is -2.24. The van der Waals surface area contributed by atoms with Crippen LogP contribution in [0, 0.1) is 11.7 Å². The van der Waals surface area contributed by atoms with Gasteiger partial charge in [-0.05, 0) is 42.0 Å². The Bertz CT molecular complexity index is 752. The molecule has 2 N–H and O–H groups in total. The first kappa shape index (κ1) is 19.1. The van der Waals surface area contributed by atoms with Crippen LogP contribution in [0.15, 0.2) is 48.5 Å². The summed E-state index contributed by atoms with van der Waals surface area (Å²) in [4.78, 5) is 14.5. The number of likely N-dealkylation sites (N-methyl/N-ethyl adjacent to an activating group) is 1. The summed E-state index contributed by atoms with van der Waals surface area (Å²) >= 11 is 0. The van der Waals surface area contributed by atoms with E-state index < -0.39 is 0 Å². The van der Waals surface area contributed by atoms with Crippen molar-refractivity contribution in [3.05, 3.63) is 59.9 Å². The number of rotatable bonds is 7. The first-order valence-corrected chi connectivity index (χ1v) is 8.84. The van der Waals surface area contributed by atoms with Crippen LogP contribution in [0.4, 0.5) is 4.39 Å². The molecule has 27 heavy (non-hydrogen) atoms. The Labute approximate surface area is 158 Å². The van der Waals surface area contributed by atoms with Crippen LogP contribution in [-0.2, 0) is 4.79 Å². The van der Waals surface area contributed by atoms with Crippen LogP contribution >= 0.6 is 0 Å². The van der Waals surface area contributed by atoms with Gasteiger partial charge in [-0.25, -0.2) is 9.82 Å². The second kappa shape index (κ2) is 8.83. The molecule has 1 amide bonds. The molecule has 7 heteroatoms. The van der Waals surface area contributed by atoms with Crippen molar-refractivity contribution in [1.82, 2.24) is 15.8 Å². The van der Waals surface area contributed by atoms with Crippen molar-refractivity contribution in [2.45, 2.75) is 6.04 Å². The van der Waals surface area contributed by atoms with Crippen LogP contribution in [0.2, 0.25) is 0 Å². The second-order valence-electron chi connectivity index (χ2n) is 6.44. The first-order valence-electron chi connectivity index (χ1n) is 8.84. The van der Waals surface area contributed by atoms with Crippen LogP contribution in [0.5, 0.6) is 11.5 Å². The maximum atomic E-state index is 13.1. The van der Waals surface area contributed by atoms with Gasteiger partial charge in [-0.1, -0.05) is 12.1 Å². The SMILES string of the molecule is COc1ccc(OCCN(C)C(=O)C2CNNC2c2ccc(F)cc2)cc1. The maximum absolute atomic E-state index is 13.1. The predicted octanol–water partition coefficient (Wildman–Crippen LogP) is 2.14. The summed E-state index contributed by atoms with van der Waals surface area (Å²) in [6.45, 7) is 1.38. The zero-order valence-electron chi connectivity index (χ0n) is 15.4. The zero-order chi connectivity index (χ0) is 19.2. The number of amides is 1. The average Bonchev–Trinajstić information content (AvgIpc) is 3.18. The zero-order valence-corrected chi connectivity index (χ0v) is 15.4. The van der Waals surface area contributed by atoms with Crippen molar-refractivity contribution in [1.29, 1.82) is 0 Å². The lowest BCUT2D eigenvalue weighted by Crippen LogP contribution is -2.38. The third kappa shape index (κ3) is 4.75. The second-order valence-corrected chi connectivity index (χ2v) is 6.44. The molecule has 0 aromatic heterocycles. The van der Waals surface area contributed by atoms with Gasteiger partial charge in [0.2, 0.25) is 5.91 Å². The van der Waals surface area contributed by atoms with Gasteiger partial charge in [0.25, 0.3) is 0 Å². The minimum Gasteiger partial charge on any atom is -0.497 e. The Morgan fingerprint density at radius 2 is 1.81 bits per heavy atom. The molecule has 6 nitrogen and oxygen atoms in total.